The van der Waals surface area contributed by atoms with Crippen molar-refractivity contribution in [1.29, 1.82) is 5.26 Å². The Hall–Kier alpha value is -4.39. The first kappa shape index (κ1) is 45.1. The number of halogens is 1. The third-order valence-electron chi connectivity index (χ3n) is 10.2. The third kappa shape index (κ3) is 10.0. The van der Waals surface area contributed by atoms with Crippen LogP contribution in [0.2, 0.25) is 0 Å². The molecular formula is C44H55BrN7O7P. The Kier molecular flexibility index (Phi) is 15.4. The molecule has 3 heterocycles. The fourth-order valence-electron chi connectivity index (χ4n) is 7.39. The number of H-pyrrole nitrogens is 1. The Morgan fingerprint density at radius 2 is 1.57 bits per heavy atom. The highest BCUT2D eigenvalue weighted by molar-refractivity contribution is 9.10. The van der Waals surface area contributed by atoms with Gasteiger partial charge in [-0.3, -0.25) is 9.78 Å². The summed E-state index contributed by atoms with van der Waals surface area (Å²) in [7, 11) is 1.61. The number of anilines is 1. The van der Waals surface area contributed by atoms with E-state index in [0.717, 1.165) is 16.7 Å². The van der Waals surface area contributed by atoms with E-state index in [1.54, 1.807) is 18.9 Å². The van der Waals surface area contributed by atoms with Gasteiger partial charge in [-0.15, -0.1) is 0 Å². The number of fused-ring (bicyclic) bond motifs is 1. The summed E-state index contributed by atoms with van der Waals surface area (Å²) in [5, 5.41) is 17.7. The van der Waals surface area contributed by atoms with E-state index in [1.165, 1.54) is 0 Å². The summed E-state index contributed by atoms with van der Waals surface area (Å²) in [5.41, 5.74) is 1.52. The maximum Gasteiger partial charge on any atom is 0.264 e. The van der Waals surface area contributed by atoms with Crippen molar-refractivity contribution in [1.82, 2.24) is 24.4 Å². The summed E-state index contributed by atoms with van der Waals surface area (Å²) in [6.45, 7) is 13.4. The quantitative estimate of drug-likeness (QED) is 0.0435. The fourth-order valence-corrected chi connectivity index (χ4v) is 9.68. The maximum absolute atomic E-state index is 13.4. The molecule has 0 saturated carbocycles. The van der Waals surface area contributed by atoms with Crippen LogP contribution in [0.15, 0.2) is 88.3 Å². The average molecular weight is 905 g/mol. The van der Waals surface area contributed by atoms with E-state index in [4.69, 9.17) is 38.1 Å². The van der Waals surface area contributed by atoms with Crippen LogP contribution in [0.25, 0.3) is 11.0 Å². The van der Waals surface area contributed by atoms with Gasteiger partial charge in [-0.05, 0) is 90.5 Å². The van der Waals surface area contributed by atoms with Crippen molar-refractivity contribution in [2.75, 3.05) is 39.3 Å². The number of ether oxygens (including phenoxy) is 4. The molecule has 6 rings (SSSR count). The van der Waals surface area contributed by atoms with Crippen LogP contribution in [0.3, 0.4) is 0 Å². The number of hydrogen-bond acceptors (Lipinski definition) is 12. The summed E-state index contributed by atoms with van der Waals surface area (Å²) in [6.07, 6.45) is -1.41. The number of methoxy groups -OCH3 is 2. The van der Waals surface area contributed by atoms with Crippen molar-refractivity contribution >= 4 is 41.4 Å². The molecule has 1 unspecified atom stereocenters. The largest absolute Gasteiger partial charge is 0.497 e. The molecule has 0 bridgehead atoms. The van der Waals surface area contributed by atoms with Crippen LogP contribution in [-0.2, 0) is 24.1 Å². The number of aromatic amines is 1. The second kappa shape index (κ2) is 20.4. The van der Waals surface area contributed by atoms with Crippen LogP contribution in [0.5, 0.6) is 11.5 Å². The van der Waals surface area contributed by atoms with E-state index in [1.807, 2.05) is 78.9 Å². The van der Waals surface area contributed by atoms with Gasteiger partial charge in [0.25, 0.3) is 14.1 Å². The van der Waals surface area contributed by atoms with E-state index < -0.39 is 32.6 Å². The number of rotatable bonds is 20. The van der Waals surface area contributed by atoms with Gasteiger partial charge in [0.2, 0.25) is 5.95 Å². The number of nitriles is 1. The van der Waals surface area contributed by atoms with Gasteiger partial charge in [0.1, 0.15) is 33.2 Å². The summed E-state index contributed by atoms with van der Waals surface area (Å²) < 4.78 is 43.1. The Labute approximate surface area is 361 Å². The molecule has 0 spiro atoms. The molecule has 0 amide bonds. The zero-order valence-electron chi connectivity index (χ0n) is 35.4. The van der Waals surface area contributed by atoms with E-state index in [0.29, 0.717) is 52.0 Å². The lowest BCUT2D eigenvalue weighted by atomic mass is 9.80. The minimum Gasteiger partial charge on any atom is -0.497 e. The van der Waals surface area contributed by atoms with Crippen LogP contribution in [-0.4, -0.2) is 82.7 Å². The minimum atomic E-state index is -1.67. The molecule has 16 heteroatoms. The first-order valence-corrected chi connectivity index (χ1v) is 22.1. The molecule has 3 aromatic carbocycles. The van der Waals surface area contributed by atoms with E-state index in [-0.39, 0.29) is 37.3 Å². The molecule has 1 fully saturated rings. The average Bonchev–Trinajstić information content (AvgIpc) is 3.80. The fraction of sp³-hybridized carbons (Fsp3) is 0.455. The van der Waals surface area contributed by atoms with Crippen LogP contribution in [0.1, 0.15) is 77.3 Å². The van der Waals surface area contributed by atoms with Crippen LogP contribution in [0, 0.1) is 17.2 Å². The first-order chi connectivity index (χ1) is 28.9. The molecule has 14 nitrogen and oxygen atoms in total. The summed E-state index contributed by atoms with van der Waals surface area (Å²) in [5.74, 6) is 2.08. The highest BCUT2D eigenvalue weighted by Gasteiger charge is 2.45. The smallest absolute Gasteiger partial charge is 0.264 e. The van der Waals surface area contributed by atoms with E-state index in [9.17, 15) is 10.1 Å². The molecule has 0 radical (unpaired) electrons. The van der Waals surface area contributed by atoms with Gasteiger partial charge in [0, 0.05) is 25.0 Å². The zero-order chi connectivity index (χ0) is 43.0. The van der Waals surface area contributed by atoms with Crippen LogP contribution < -0.4 is 20.3 Å². The van der Waals surface area contributed by atoms with Crippen molar-refractivity contribution in [3.63, 3.8) is 0 Å². The maximum atomic E-state index is 13.4. The van der Waals surface area contributed by atoms with E-state index >= 15 is 0 Å². The SMILES string of the molecule is COc1ccc(C(OC[C@H]2O[C@@H](n3nc(Br)c4c(=O)[nH]c(NCC(C)C)nc43)C[C@@H]2OP(OCCC#N)N(C(C)C)C(C)C)(c2ccccc2)c2ccc(OC)cc2)cc1. The lowest BCUT2D eigenvalue weighted by Gasteiger charge is -2.39. The van der Waals surface area contributed by atoms with Crippen molar-refractivity contribution in [3.05, 3.63) is 111 Å². The van der Waals surface area contributed by atoms with Crippen molar-refractivity contribution in [3.8, 4) is 17.6 Å². The Morgan fingerprint density at radius 1 is 0.967 bits per heavy atom. The molecule has 60 heavy (non-hydrogen) atoms. The normalized spacial score (nSPS) is 17.5. The van der Waals surface area contributed by atoms with Crippen LogP contribution >= 0.6 is 24.5 Å². The van der Waals surface area contributed by atoms with Gasteiger partial charge in [0.15, 0.2) is 11.9 Å². The number of nitrogens with zero attached hydrogens (tertiary/aromatic N) is 5. The predicted molar refractivity (Wildman–Crippen MR) is 236 cm³/mol. The summed E-state index contributed by atoms with van der Waals surface area (Å²) >= 11 is 3.52. The molecule has 1 aliphatic rings. The number of hydrogen-bond donors (Lipinski definition) is 2. The van der Waals surface area contributed by atoms with Gasteiger partial charge in [0.05, 0.1) is 46.0 Å². The third-order valence-corrected chi connectivity index (χ3v) is 12.9. The highest BCUT2D eigenvalue weighted by atomic mass is 79.9. The molecular weight excluding hydrogens is 849 g/mol. The summed E-state index contributed by atoms with van der Waals surface area (Å²) in [4.78, 5) is 21.1. The monoisotopic (exact) mass is 903 g/mol. The van der Waals surface area contributed by atoms with Gasteiger partial charge in [-0.2, -0.15) is 15.3 Å². The molecule has 2 aromatic heterocycles. The zero-order valence-corrected chi connectivity index (χ0v) is 37.9. The molecule has 0 aliphatic carbocycles. The topological polar surface area (TPSA) is 158 Å². The minimum absolute atomic E-state index is 0.0639. The molecule has 4 atom stereocenters. The predicted octanol–water partition coefficient (Wildman–Crippen LogP) is 8.92. The van der Waals surface area contributed by atoms with Gasteiger partial charge >= 0.3 is 0 Å². The van der Waals surface area contributed by atoms with Crippen molar-refractivity contribution in [2.45, 2.75) is 90.5 Å². The standard InChI is InChI=1S/C44H55BrN7O7P/c1-28(2)26-47-43-48-41-39(42(53)49-43)40(45)50-51(41)38-25-36(59-60(57-24-12-23-46)52(29(3)4)30(5)6)37(58-38)27-56-44(31-13-10-9-11-14-31,32-15-19-34(54-7)20-16-32)33-17-21-35(55-8)22-18-33/h9-11,13-22,28-30,36-38H,12,24-27H2,1-8H3,(H2,47,48,49,53)/t36-,37+,38+,60?/m0/s1. The second-order valence-corrected chi connectivity index (χ2v) is 17.7. The molecule has 2 N–H and O–H groups in total. The lowest BCUT2D eigenvalue weighted by molar-refractivity contribution is -0.0931. The summed E-state index contributed by atoms with van der Waals surface area (Å²) in [6, 6.07) is 28.1. The Bertz CT molecular complexity index is 2190. The van der Waals surface area contributed by atoms with Crippen molar-refractivity contribution < 1.29 is 28.0 Å². The Morgan fingerprint density at radius 3 is 2.12 bits per heavy atom. The van der Waals surface area contributed by atoms with E-state index in [2.05, 4.69) is 78.5 Å². The first-order valence-electron chi connectivity index (χ1n) is 20.2. The second-order valence-electron chi connectivity index (χ2n) is 15.5. The number of nitrogens with one attached hydrogen (secondary N) is 2. The van der Waals surface area contributed by atoms with Gasteiger partial charge in [-0.1, -0.05) is 68.4 Å². The Balaban J connectivity index is 1.46. The molecule has 320 valence electrons. The molecule has 5 aromatic rings. The molecule has 1 aliphatic heterocycles. The van der Waals surface area contributed by atoms with Crippen molar-refractivity contribution in [2.24, 2.45) is 5.92 Å². The van der Waals surface area contributed by atoms with Crippen LogP contribution in [0.4, 0.5) is 5.95 Å². The van der Waals surface area contributed by atoms with Gasteiger partial charge in [-0.25, -0.2) is 9.35 Å². The highest BCUT2D eigenvalue weighted by Crippen LogP contribution is 2.51. The number of aromatic nitrogens is 4. The lowest BCUT2D eigenvalue weighted by Crippen LogP contribution is -2.39. The number of benzene rings is 3. The van der Waals surface area contributed by atoms with Gasteiger partial charge < -0.3 is 33.3 Å². The molecule has 1 saturated heterocycles.